The maximum absolute atomic E-state index is 5.41. The molecule has 9 aromatic carbocycles. The molecule has 3 heterocycles. The molecule has 0 aliphatic heterocycles. The number of fused-ring (bicyclic) bond motifs is 9. The smallest absolute Gasteiger partial charge is 0.164 e. The monoisotopic (exact) mass is 804 g/mol. The molecule has 0 saturated carbocycles. The molecule has 0 fully saturated rings. The standard InChI is InChI=1S/C57H36N6/c1-5-16-36(17-6-1)54-59-55(37-18-7-2-8-19-37)61-56(60-54)45-26-15-25-43-46-34-42(30-28-39(46)32-48(43)45)62-50-27-14-13-24-44(50)49-35-47-40(33-52(49)62)29-31-51-53(47)58-57(38-20-9-3-10-21-38)63(51)41-22-11-4-12-23-41/h1-31,33-35H,32H2. The summed E-state index contributed by atoms with van der Waals surface area (Å²) in [5, 5.41) is 4.69. The summed E-state index contributed by atoms with van der Waals surface area (Å²) in [6, 6.07) is 72.8. The maximum atomic E-state index is 5.41. The van der Waals surface area contributed by atoms with E-state index in [0.29, 0.717) is 17.5 Å². The van der Waals surface area contributed by atoms with E-state index < -0.39 is 0 Å². The van der Waals surface area contributed by atoms with Gasteiger partial charge < -0.3 is 4.57 Å². The predicted molar refractivity (Wildman–Crippen MR) is 256 cm³/mol. The van der Waals surface area contributed by atoms with Gasteiger partial charge in [-0.2, -0.15) is 0 Å². The lowest BCUT2D eigenvalue weighted by Gasteiger charge is -2.12. The van der Waals surface area contributed by atoms with Crippen molar-refractivity contribution in [2.45, 2.75) is 6.42 Å². The van der Waals surface area contributed by atoms with Crippen molar-refractivity contribution in [2.24, 2.45) is 0 Å². The molecule has 1 aliphatic rings. The van der Waals surface area contributed by atoms with Crippen LogP contribution < -0.4 is 0 Å². The molecule has 0 amide bonds. The minimum atomic E-state index is 0.663. The molecule has 1 aliphatic carbocycles. The van der Waals surface area contributed by atoms with Gasteiger partial charge in [-0.25, -0.2) is 19.9 Å². The van der Waals surface area contributed by atoms with Crippen LogP contribution in [-0.4, -0.2) is 29.1 Å². The lowest BCUT2D eigenvalue weighted by atomic mass is 10.0. The van der Waals surface area contributed by atoms with Gasteiger partial charge in [0.15, 0.2) is 17.5 Å². The van der Waals surface area contributed by atoms with Crippen LogP contribution in [0.1, 0.15) is 11.1 Å². The molecule has 0 N–H and O–H groups in total. The Morgan fingerprint density at radius 1 is 0.349 bits per heavy atom. The van der Waals surface area contributed by atoms with E-state index >= 15 is 0 Å². The van der Waals surface area contributed by atoms with Crippen LogP contribution in [0.4, 0.5) is 0 Å². The Morgan fingerprint density at radius 2 is 0.984 bits per heavy atom. The SMILES string of the molecule is c1ccc(-c2nc(-c3ccccc3)nc(-c3cccc4c3Cc3ccc(-n5c6ccccc6c6cc7c(ccc8c7nc(-c7ccccc7)n8-c7ccccc7)cc65)cc3-4)n2)cc1. The molecule has 13 rings (SSSR count). The van der Waals surface area contributed by atoms with Crippen LogP contribution in [-0.2, 0) is 6.42 Å². The highest BCUT2D eigenvalue weighted by Gasteiger charge is 2.26. The Kier molecular flexibility index (Phi) is 7.87. The number of imidazole rings is 1. The van der Waals surface area contributed by atoms with E-state index in [2.05, 4.69) is 179 Å². The van der Waals surface area contributed by atoms with E-state index in [0.717, 1.165) is 78.7 Å². The van der Waals surface area contributed by atoms with Crippen LogP contribution in [0.3, 0.4) is 0 Å². The topological polar surface area (TPSA) is 61.4 Å². The second kappa shape index (κ2) is 14.0. The number of aromatic nitrogens is 6. The summed E-state index contributed by atoms with van der Waals surface area (Å²) < 4.78 is 4.72. The summed E-state index contributed by atoms with van der Waals surface area (Å²) in [6.45, 7) is 0. The third-order valence-electron chi connectivity index (χ3n) is 12.6. The van der Waals surface area contributed by atoms with Gasteiger partial charge in [-0.1, -0.05) is 158 Å². The molecule has 0 radical (unpaired) electrons. The van der Waals surface area contributed by atoms with Crippen molar-refractivity contribution in [2.75, 3.05) is 0 Å². The third kappa shape index (κ3) is 5.65. The van der Waals surface area contributed by atoms with E-state index in [1.807, 2.05) is 36.4 Å². The molecule has 0 spiro atoms. The van der Waals surface area contributed by atoms with Crippen LogP contribution in [0.15, 0.2) is 206 Å². The molecule has 3 aromatic heterocycles. The molecule has 12 aromatic rings. The molecule has 294 valence electrons. The van der Waals surface area contributed by atoms with Gasteiger partial charge in [-0.3, -0.25) is 4.57 Å². The normalized spacial score (nSPS) is 12.1. The highest BCUT2D eigenvalue weighted by molar-refractivity contribution is 6.18. The summed E-state index contributed by atoms with van der Waals surface area (Å²) in [7, 11) is 0. The van der Waals surface area contributed by atoms with Gasteiger partial charge >= 0.3 is 0 Å². The van der Waals surface area contributed by atoms with Crippen molar-refractivity contribution in [1.29, 1.82) is 0 Å². The van der Waals surface area contributed by atoms with Crippen molar-refractivity contribution in [3.63, 3.8) is 0 Å². The fourth-order valence-electron chi connectivity index (χ4n) is 9.69. The second-order valence-corrected chi connectivity index (χ2v) is 16.2. The fourth-order valence-corrected chi connectivity index (χ4v) is 9.69. The van der Waals surface area contributed by atoms with Crippen molar-refractivity contribution < 1.29 is 0 Å². The van der Waals surface area contributed by atoms with E-state index in [-0.39, 0.29) is 0 Å². The van der Waals surface area contributed by atoms with Crippen molar-refractivity contribution in [3.05, 3.63) is 217 Å². The first kappa shape index (κ1) is 35.3. The summed E-state index contributed by atoms with van der Waals surface area (Å²) in [6.07, 6.45) is 0.794. The van der Waals surface area contributed by atoms with Gasteiger partial charge in [0, 0.05) is 49.8 Å². The first-order chi connectivity index (χ1) is 31.2. The van der Waals surface area contributed by atoms with E-state index in [9.17, 15) is 0 Å². The zero-order valence-corrected chi connectivity index (χ0v) is 34.0. The van der Waals surface area contributed by atoms with Crippen LogP contribution in [0.5, 0.6) is 0 Å². The van der Waals surface area contributed by atoms with E-state index in [1.54, 1.807) is 0 Å². The first-order valence-electron chi connectivity index (χ1n) is 21.4. The van der Waals surface area contributed by atoms with Crippen molar-refractivity contribution >= 4 is 43.6 Å². The predicted octanol–water partition coefficient (Wildman–Crippen LogP) is 13.7. The number of para-hydroxylation sites is 2. The van der Waals surface area contributed by atoms with E-state index in [4.69, 9.17) is 19.9 Å². The summed E-state index contributed by atoms with van der Waals surface area (Å²) in [5.74, 6) is 2.93. The number of hydrogen-bond donors (Lipinski definition) is 0. The Hall–Kier alpha value is -8.48. The fraction of sp³-hybridized carbons (Fsp3) is 0.0175. The summed E-state index contributed by atoms with van der Waals surface area (Å²) in [4.78, 5) is 20.6. The third-order valence-corrected chi connectivity index (χ3v) is 12.6. The Morgan fingerprint density at radius 3 is 1.71 bits per heavy atom. The number of hydrogen-bond acceptors (Lipinski definition) is 4. The van der Waals surface area contributed by atoms with Gasteiger partial charge in [-0.15, -0.1) is 0 Å². The lowest BCUT2D eigenvalue weighted by molar-refractivity contribution is 1.07. The highest BCUT2D eigenvalue weighted by atomic mass is 15.1. The number of benzene rings is 9. The number of nitrogens with zero attached hydrogens (tertiary/aromatic N) is 6. The van der Waals surface area contributed by atoms with Crippen molar-refractivity contribution in [3.8, 4) is 68.1 Å². The van der Waals surface area contributed by atoms with Gasteiger partial charge in [0.25, 0.3) is 0 Å². The molecule has 0 unspecified atom stereocenters. The van der Waals surface area contributed by atoms with Crippen LogP contribution >= 0.6 is 0 Å². The molecule has 63 heavy (non-hydrogen) atoms. The Balaban J connectivity index is 0.969. The lowest BCUT2D eigenvalue weighted by Crippen LogP contribution is -2.01. The molecular formula is C57H36N6. The molecule has 0 saturated heterocycles. The molecular weight excluding hydrogens is 769 g/mol. The molecule has 6 heteroatoms. The quantitative estimate of drug-likeness (QED) is 0.168. The molecule has 0 bridgehead atoms. The summed E-state index contributed by atoms with van der Waals surface area (Å²) in [5.41, 5.74) is 15.6. The molecule has 0 atom stereocenters. The van der Waals surface area contributed by atoms with Crippen LogP contribution in [0, 0.1) is 0 Å². The zero-order valence-electron chi connectivity index (χ0n) is 34.0. The van der Waals surface area contributed by atoms with Crippen molar-refractivity contribution in [1.82, 2.24) is 29.1 Å². The Bertz CT molecular complexity index is 3680. The number of rotatable bonds is 6. The average molecular weight is 805 g/mol. The van der Waals surface area contributed by atoms with Crippen LogP contribution in [0.2, 0.25) is 0 Å². The van der Waals surface area contributed by atoms with Gasteiger partial charge in [-0.05, 0) is 82.6 Å². The second-order valence-electron chi connectivity index (χ2n) is 16.2. The summed E-state index contributed by atoms with van der Waals surface area (Å²) >= 11 is 0. The largest absolute Gasteiger partial charge is 0.309 e. The molecule has 6 nitrogen and oxygen atoms in total. The first-order valence-corrected chi connectivity index (χ1v) is 21.4. The maximum Gasteiger partial charge on any atom is 0.164 e. The highest BCUT2D eigenvalue weighted by Crippen LogP contribution is 2.44. The van der Waals surface area contributed by atoms with Crippen LogP contribution in [0.25, 0.3) is 112 Å². The minimum absolute atomic E-state index is 0.663. The average Bonchev–Trinajstić information content (AvgIpc) is 4.04. The van der Waals surface area contributed by atoms with Gasteiger partial charge in [0.2, 0.25) is 0 Å². The van der Waals surface area contributed by atoms with Gasteiger partial charge in [0.05, 0.1) is 22.1 Å². The Labute approximate surface area is 363 Å². The van der Waals surface area contributed by atoms with Gasteiger partial charge in [0.1, 0.15) is 5.82 Å². The zero-order chi connectivity index (χ0) is 41.4. The van der Waals surface area contributed by atoms with E-state index in [1.165, 1.54) is 33.0 Å². The minimum Gasteiger partial charge on any atom is -0.309 e.